The van der Waals surface area contributed by atoms with E-state index in [4.69, 9.17) is 21.6 Å². The van der Waals surface area contributed by atoms with Crippen molar-refractivity contribution in [2.75, 3.05) is 27.4 Å². The molecular weight excluding hydrogens is 319 g/mol. The minimum absolute atomic E-state index is 0. The van der Waals surface area contributed by atoms with E-state index >= 15 is 0 Å². The van der Waals surface area contributed by atoms with Gasteiger partial charge in [0.1, 0.15) is 5.82 Å². The molecule has 0 bridgehead atoms. The van der Waals surface area contributed by atoms with Crippen molar-refractivity contribution in [2.24, 2.45) is 5.11 Å². The zero-order chi connectivity index (χ0) is 15.9. The predicted octanol–water partition coefficient (Wildman–Crippen LogP) is 0.253. The van der Waals surface area contributed by atoms with E-state index in [2.05, 4.69) is 15.1 Å². The van der Waals surface area contributed by atoms with Crippen molar-refractivity contribution in [2.45, 2.75) is 5.92 Å². The van der Waals surface area contributed by atoms with Gasteiger partial charge in [-0.25, -0.2) is 4.98 Å². The van der Waals surface area contributed by atoms with Crippen LogP contribution >= 0.6 is 0 Å². The summed E-state index contributed by atoms with van der Waals surface area (Å²) in [5.74, 6) is 0.874. The van der Waals surface area contributed by atoms with Crippen LogP contribution in [-0.4, -0.2) is 37.4 Å². The van der Waals surface area contributed by atoms with Crippen molar-refractivity contribution in [1.29, 1.82) is 0 Å². The second-order valence-electron chi connectivity index (χ2n) is 4.85. The normalized spacial score (nSPS) is 10.4. The van der Waals surface area contributed by atoms with Gasteiger partial charge in [-0.05, 0) is 5.56 Å². The van der Waals surface area contributed by atoms with E-state index in [1.807, 2.05) is 12.1 Å². The summed E-state index contributed by atoms with van der Waals surface area (Å²) in [6, 6.07) is 7.33. The fourth-order valence-corrected chi connectivity index (χ4v) is 2.18. The molecule has 0 atom stereocenters. The van der Waals surface area contributed by atoms with Gasteiger partial charge in [0.05, 0.1) is 31.0 Å². The molecule has 0 fully saturated rings. The van der Waals surface area contributed by atoms with Crippen LogP contribution in [0.5, 0.6) is 0 Å². The molecule has 0 aliphatic heterocycles. The summed E-state index contributed by atoms with van der Waals surface area (Å²) in [4.78, 5) is 7.68. The molecule has 2 rings (SSSR count). The molecule has 1 aromatic heterocycles. The number of aromatic nitrogens is 2. The summed E-state index contributed by atoms with van der Waals surface area (Å²) in [7, 11) is 3.30. The smallest absolute Gasteiger partial charge is 0.709 e. The number of nitrogens with one attached hydrogen (secondary N) is 1. The van der Waals surface area contributed by atoms with E-state index in [0.29, 0.717) is 18.8 Å². The maximum absolute atomic E-state index is 8.66. The third-order valence-electron chi connectivity index (χ3n) is 3.32. The number of hydrogen-bond donors (Lipinski definition) is 1. The number of benzene rings is 1. The van der Waals surface area contributed by atoms with Crippen LogP contribution in [0.4, 0.5) is 0 Å². The summed E-state index contributed by atoms with van der Waals surface area (Å²) < 4.78 is 10.4. The maximum atomic E-state index is 8.66. The van der Waals surface area contributed by atoms with E-state index in [-0.39, 0.29) is 63.0 Å². The average molecular weight is 337 g/mol. The van der Waals surface area contributed by atoms with Crippen LogP contribution < -0.4 is 51.4 Å². The van der Waals surface area contributed by atoms with Crippen molar-refractivity contribution >= 4 is 5.70 Å². The standard InChI is InChI=1S/C16H18N4O2.K/c1-11(20-17)12-4-6-13(7-5-12)15-8-18-16(19-15)14(9-21-2)10-22-3;/h1,4-8,14H,9-10H2,2-3H3,(H,18,19);/q-2;+1. The van der Waals surface area contributed by atoms with E-state index in [9.17, 15) is 0 Å². The zero-order valence-electron chi connectivity index (χ0n) is 13.6. The topological polar surface area (TPSA) is 81.8 Å². The molecule has 116 valence electrons. The number of methoxy groups -OCH3 is 2. The first-order valence-corrected chi connectivity index (χ1v) is 6.80. The fourth-order valence-electron chi connectivity index (χ4n) is 2.18. The molecule has 0 saturated heterocycles. The SMILES string of the molecule is [CH-]=C(N=[N-])c1ccc(-c2cnc(C(COC)COC)[nH]2)cc1.[K+]. The molecule has 1 N–H and O–H groups in total. The zero-order valence-corrected chi connectivity index (χ0v) is 16.7. The minimum atomic E-state index is 0. The number of rotatable bonds is 8. The third kappa shape index (κ3) is 5.42. The molecule has 6 nitrogen and oxygen atoms in total. The van der Waals surface area contributed by atoms with Crippen LogP contribution in [0.25, 0.3) is 22.5 Å². The quantitative estimate of drug-likeness (QED) is 0.426. The molecule has 0 aliphatic rings. The van der Waals surface area contributed by atoms with Gasteiger partial charge in [0.25, 0.3) is 0 Å². The van der Waals surface area contributed by atoms with Crippen LogP contribution in [-0.2, 0) is 9.47 Å². The van der Waals surface area contributed by atoms with Gasteiger partial charge in [-0.1, -0.05) is 12.1 Å². The van der Waals surface area contributed by atoms with Crippen LogP contribution in [0.1, 0.15) is 17.3 Å². The molecule has 0 aliphatic carbocycles. The Morgan fingerprint density at radius 3 is 2.39 bits per heavy atom. The fraction of sp³-hybridized carbons (Fsp3) is 0.312. The Hall–Kier alpha value is -0.674. The van der Waals surface area contributed by atoms with Gasteiger partial charge in [0.2, 0.25) is 0 Å². The van der Waals surface area contributed by atoms with Crippen molar-refractivity contribution < 1.29 is 60.9 Å². The van der Waals surface area contributed by atoms with Crippen molar-refractivity contribution in [3.8, 4) is 11.3 Å². The van der Waals surface area contributed by atoms with Gasteiger partial charge >= 0.3 is 51.4 Å². The number of nitrogens with zero attached hydrogens (tertiary/aromatic N) is 3. The summed E-state index contributed by atoms with van der Waals surface area (Å²) in [6.45, 7) is 6.61. The molecule has 0 spiro atoms. The average Bonchev–Trinajstić information content (AvgIpc) is 3.04. The Balaban J connectivity index is 0.00000264. The molecule has 0 amide bonds. The Labute approximate surface area is 178 Å². The Bertz CT molecular complexity index is 634. The molecule has 1 heterocycles. The second kappa shape index (κ2) is 10.2. The van der Waals surface area contributed by atoms with Gasteiger partial charge in [-0.2, -0.15) is 5.56 Å². The van der Waals surface area contributed by atoms with E-state index in [1.165, 1.54) is 0 Å². The number of hydrogen-bond acceptors (Lipinski definition) is 4. The Kier molecular flexibility index (Phi) is 9.07. The molecule has 0 saturated carbocycles. The van der Waals surface area contributed by atoms with Crippen molar-refractivity contribution in [3.05, 3.63) is 54.0 Å². The summed E-state index contributed by atoms with van der Waals surface area (Å²) in [5, 5.41) is 2.98. The number of aromatic amines is 1. The summed E-state index contributed by atoms with van der Waals surface area (Å²) >= 11 is 0. The monoisotopic (exact) mass is 337 g/mol. The van der Waals surface area contributed by atoms with E-state index in [1.54, 1.807) is 32.5 Å². The number of imidazole rings is 1. The Morgan fingerprint density at radius 1 is 1.26 bits per heavy atom. The molecule has 0 unspecified atom stereocenters. The molecule has 1 aromatic carbocycles. The van der Waals surface area contributed by atoms with Gasteiger partial charge in [-0.15, -0.1) is 17.8 Å². The second-order valence-corrected chi connectivity index (χ2v) is 4.85. The van der Waals surface area contributed by atoms with Crippen LogP contribution in [0, 0.1) is 6.58 Å². The predicted molar refractivity (Wildman–Crippen MR) is 84.0 cm³/mol. The van der Waals surface area contributed by atoms with Crippen LogP contribution in [0.15, 0.2) is 35.6 Å². The van der Waals surface area contributed by atoms with Crippen LogP contribution in [0.3, 0.4) is 0 Å². The van der Waals surface area contributed by atoms with Gasteiger partial charge in [-0.3, -0.25) is 6.58 Å². The van der Waals surface area contributed by atoms with Crippen molar-refractivity contribution in [1.82, 2.24) is 9.97 Å². The minimum Gasteiger partial charge on any atom is -0.709 e. The molecule has 0 radical (unpaired) electrons. The van der Waals surface area contributed by atoms with E-state index < -0.39 is 0 Å². The first-order chi connectivity index (χ1) is 10.7. The molecular formula is C16H18KN4O2-. The van der Waals surface area contributed by atoms with Crippen molar-refractivity contribution in [3.63, 3.8) is 0 Å². The maximum Gasteiger partial charge on any atom is 1.00 e. The largest absolute Gasteiger partial charge is 1.00 e. The summed E-state index contributed by atoms with van der Waals surface area (Å²) in [6.07, 6.45) is 1.77. The number of H-pyrrole nitrogens is 1. The molecule has 23 heavy (non-hydrogen) atoms. The van der Waals surface area contributed by atoms with Gasteiger partial charge in [0.15, 0.2) is 0 Å². The van der Waals surface area contributed by atoms with Gasteiger partial charge < -0.3 is 25.1 Å². The van der Waals surface area contributed by atoms with E-state index in [0.717, 1.165) is 17.1 Å². The molecule has 7 heteroatoms. The molecule has 2 aromatic rings. The first-order valence-electron chi connectivity index (χ1n) is 6.80. The third-order valence-corrected chi connectivity index (χ3v) is 3.32. The number of ether oxygens (including phenoxy) is 2. The van der Waals surface area contributed by atoms with Gasteiger partial charge in [0, 0.05) is 14.2 Å². The summed E-state index contributed by atoms with van der Waals surface area (Å²) in [5.41, 5.74) is 11.2. The van der Waals surface area contributed by atoms with Crippen LogP contribution in [0.2, 0.25) is 0 Å². The first kappa shape index (κ1) is 20.4. The Morgan fingerprint density at radius 2 is 1.87 bits per heavy atom.